The van der Waals surface area contributed by atoms with Crippen LogP contribution in [0.25, 0.3) is 0 Å². The van der Waals surface area contributed by atoms with Crippen LogP contribution in [0.3, 0.4) is 0 Å². The highest BCUT2D eigenvalue weighted by molar-refractivity contribution is 6.21. The van der Waals surface area contributed by atoms with E-state index >= 15 is 0 Å². The number of anilines is 1. The third kappa shape index (κ3) is 3.10. The van der Waals surface area contributed by atoms with Gasteiger partial charge in [-0.15, -0.1) is 11.6 Å². The zero-order valence-electron chi connectivity index (χ0n) is 11.9. The van der Waals surface area contributed by atoms with Crippen LogP contribution in [0.4, 0.5) is 5.82 Å². The Bertz CT molecular complexity index is 620. The fraction of sp³-hybridized carbons (Fsp3) is 0.375. The lowest BCUT2D eigenvalue weighted by molar-refractivity contribution is 0.305. The normalized spacial score (nSPS) is 20.1. The maximum absolute atomic E-state index is 6.48. The van der Waals surface area contributed by atoms with E-state index in [1.807, 2.05) is 18.2 Å². The lowest BCUT2D eigenvalue weighted by atomic mass is 10.1. The summed E-state index contributed by atoms with van der Waals surface area (Å²) in [7, 11) is 0. The minimum atomic E-state index is 0.0253. The van der Waals surface area contributed by atoms with E-state index in [0.29, 0.717) is 12.5 Å². The van der Waals surface area contributed by atoms with E-state index in [0.717, 1.165) is 18.7 Å². The molecule has 0 radical (unpaired) electrons. The van der Waals surface area contributed by atoms with Crippen molar-refractivity contribution >= 4 is 17.4 Å². The van der Waals surface area contributed by atoms with Crippen LogP contribution in [0.5, 0.6) is 5.88 Å². The Morgan fingerprint density at radius 3 is 3.05 bits per heavy atom. The van der Waals surface area contributed by atoms with Gasteiger partial charge < -0.3 is 10.1 Å². The Labute approximate surface area is 129 Å². The number of fused-ring (bicyclic) bond motifs is 1. The van der Waals surface area contributed by atoms with Gasteiger partial charge in [-0.25, -0.2) is 9.97 Å². The first kappa shape index (κ1) is 14.1. The third-order valence-corrected chi connectivity index (χ3v) is 3.97. The number of rotatable bonds is 5. The van der Waals surface area contributed by atoms with Crippen molar-refractivity contribution in [1.82, 2.24) is 9.97 Å². The zero-order chi connectivity index (χ0) is 14.7. The van der Waals surface area contributed by atoms with E-state index in [1.165, 1.54) is 17.5 Å². The second-order valence-electron chi connectivity index (χ2n) is 5.13. The summed E-state index contributed by atoms with van der Waals surface area (Å²) in [5.41, 5.74) is 2.54. The standard InChI is InChI=1S/C16H18ClN3O/c1-2-7-21-15-9-14(18-10-19-15)20-16-12-6-4-3-5-11(12)8-13(16)17/h3-6,9-10,13,16H,2,7-8H2,1H3,(H,18,19,20). The van der Waals surface area contributed by atoms with E-state index in [4.69, 9.17) is 16.3 Å². The van der Waals surface area contributed by atoms with Crippen molar-refractivity contribution in [1.29, 1.82) is 0 Å². The summed E-state index contributed by atoms with van der Waals surface area (Å²) in [6, 6.07) is 10.2. The third-order valence-electron chi connectivity index (χ3n) is 3.57. The Balaban J connectivity index is 1.77. The molecule has 0 bridgehead atoms. The maximum atomic E-state index is 6.48. The number of hydrogen-bond acceptors (Lipinski definition) is 4. The predicted molar refractivity (Wildman–Crippen MR) is 84.0 cm³/mol. The van der Waals surface area contributed by atoms with Gasteiger partial charge in [0, 0.05) is 6.07 Å². The summed E-state index contributed by atoms with van der Waals surface area (Å²) in [6.07, 6.45) is 3.34. The van der Waals surface area contributed by atoms with Gasteiger partial charge in [-0.3, -0.25) is 0 Å². The van der Waals surface area contributed by atoms with Crippen LogP contribution in [-0.2, 0) is 6.42 Å². The molecule has 1 aromatic carbocycles. The van der Waals surface area contributed by atoms with Gasteiger partial charge in [0.15, 0.2) is 0 Å². The average molecular weight is 304 g/mol. The van der Waals surface area contributed by atoms with E-state index in [2.05, 4.69) is 34.3 Å². The fourth-order valence-electron chi connectivity index (χ4n) is 2.58. The molecule has 2 unspecified atom stereocenters. The molecule has 1 aliphatic carbocycles. The first-order chi connectivity index (χ1) is 10.3. The number of hydrogen-bond donors (Lipinski definition) is 1. The molecule has 110 valence electrons. The van der Waals surface area contributed by atoms with Crippen molar-refractivity contribution in [2.75, 3.05) is 11.9 Å². The van der Waals surface area contributed by atoms with Gasteiger partial charge >= 0.3 is 0 Å². The molecule has 3 rings (SSSR count). The highest BCUT2D eigenvalue weighted by atomic mass is 35.5. The minimum absolute atomic E-state index is 0.0253. The number of alkyl halides is 1. The summed E-state index contributed by atoms with van der Waals surface area (Å²) >= 11 is 6.48. The van der Waals surface area contributed by atoms with Crippen molar-refractivity contribution in [3.8, 4) is 5.88 Å². The van der Waals surface area contributed by atoms with Gasteiger partial charge in [0.2, 0.25) is 5.88 Å². The Morgan fingerprint density at radius 2 is 2.19 bits per heavy atom. The van der Waals surface area contributed by atoms with Gasteiger partial charge in [-0.1, -0.05) is 31.2 Å². The van der Waals surface area contributed by atoms with Gasteiger partial charge in [0.25, 0.3) is 0 Å². The van der Waals surface area contributed by atoms with Crippen LogP contribution in [0.15, 0.2) is 36.7 Å². The molecular weight excluding hydrogens is 286 g/mol. The lowest BCUT2D eigenvalue weighted by Gasteiger charge is -2.18. The molecule has 0 aliphatic heterocycles. The number of nitrogens with zero attached hydrogens (tertiary/aromatic N) is 2. The second-order valence-corrected chi connectivity index (χ2v) is 5.69. The highest BCUT2D eigenvalue weighted by Gasteiger charge is 2.30. The van der Waals surface area contributed by atoms with Crippen LogP contribution in [0.1, 0.15) is 30.5 Å². The van der Waals surface area contributed by atoms with Crippen LogP contribution in [0, 0.1) is 0 Å². The maximum Gasteiger partial charge on any atom is 0.218 e. The predicted octanol–water partition coefficient (Wildman–Crippen LogP) is 3.58. The molecule has 1 N–H and O–H groups in total. The van der Waals surface area contributed by atoms with Gasteiger partial charge in [0.05, 0.1) is 18.0 Å². The number of halogens is 1. The van der Waals surface area contributed by atoms with E-state index < -0.39 is 0 Å². The number of aromatic nitrogens is 2. The molecule has 1 aliphatic rings. The van der Waals surface area contributed by atoms with E-state index in [9.17, 15) is 0 Å². The summed E-state index contributed by atoms with van der Waals surface area (Å²) in [6.45, 7) is 2.72. The molecule has 5 heteroatoms. The molecule has 0 amide bonds. The van der Waals surface area contributed by atoms with Crippen molar-refractivity contribution in [3.05, 3.63) is 47.8 Å². The topological polar surface area (TPSA) is 47.0 Å². The molecule has 2 atom stereocenters. The molecule has 4 nitrogen and oxygen atoms in total. The van der Waals surface area contributed by atoms with Crippen molar-refractivity contribution in [3.63, 3.8) is 0 Å². The summed E-state index contributed by atoms with van der Waals surface area (Å²) in [4.78, 5) is 8.37. The van der Waals surface area contributed by atoms with Crippen molar-refractivity contribution in [2.24, 2.45) is 0 Å². The SMILES string of the molecule is CCCOc1cc(NC2c3ccccc3CC2Cl)ncn1. The summed E-state index contributed by atoms with van der Waals surface area (Å²) < 4.78 is 5.53. The van der Waals surface area contributed by atoms with Gasteiger partial charge in [0.1, 0.15) is 12.1 Å². The largest absolute Gasteiger partial charge is 0.478 e. The molecule has 1 heterocycles. The van der Waals surface area contributed by atoms with Gasteiger partial charge in [-0.2, -0.15) is 0 Å². The van der Waals surface area contributed by atoms with Crippen molar-refractivity contribution in [2.45, 2.75) is 31.2 Å². The fourth-order valence-corrected chi connectivity index (χ4v) is 2.94. The Morgan fingerprint density at radius 1 is 1.33 bits per heavy atom. The van der Waals surface area contributed by atoms with Crippen LogP contribution >= 0.6 is 11.6 Å². The average Bonchev–Trinajstić information content (AvgIpc) is 2.82. The molecule has 1 aromatic heterocycles. The quantitative estimate of drug-likeness (QED) is 0.858. The first-order valence-electron chi connectivity index (χ1n) is 7.21. The van der Waals surface area contributed by atoms with E-state index in [-0.39, 0.29) is 11.4 Å². The molecule has 0 saturated heterocycles. The summed E-state index contributed by atoms with van der Waals surface area (Å²) in [5.74, 6) is 1.33. The molecule has 2 aromatic rings. The molecule has 0 saturated carbocycles. The highest BCUT2D eigenvalue weighted by Crippen LogP contribution is 2.36. The summed E-state index contributed by atoms with van der Waals surface area (Å²) in [5, 5.41) is 3.43. The van der Waals surface area contributed by atoms with Crippen molar-refractivity contribution < 1.29 is 4.74 Å². The van der Waals surface area contributed by atoms with Crippen LogP contribution in [-0.4, -0.2) is 22.0 Å². The monoisotopic (exact) mass is 303 g/mol. The van der Waals surface area contributed by atoms with Gasteiger partial charge in [-0.05, 0) is 24.0 Å². The first-order valence-corrected chi connectivity index (χ1v) is 7.65. The Hall–Kier alpha value is -1.81. The number of benzene rings is 1. The second kappa shape index (κ2) is 6.31. The van der Waals surface area contributed by atoms with E-state index in [1.54, 1.807) is 0 Å². The molecule has 0 spiro atoms. The van der Waals surface area contributed by atoms with Crippen LogP contribution in [0.2, 0.25) is 0 Å². The molecular formula is C16H18ClN3O. The molecule has 0 fully saturated rings. The lowest BCUT2D eigenvalue weighted by Crippen LogP contribution is -2.17. The molecule has 21 heavy (non-hydrogen) atoms. The smallest absolute Gasteiger partial charge is 0.218 e. The number of nitrogens with one attached hydrogen (secondary N) is 1. The minimum Gasteiger partial charge on any atom is -0.478 e. The zero-order valence-corrected chi connectivity index (χ0v) is 12.7. The Kier molecular flexibility index (Phi) is 4.25. The number of ether oxygens (including phenoxy) is 1. The van der Waals surface area contributed by atoms with Crippen LogP contribution < -0.4 is 10.1 Å².